The van der Waals surface area contributed by atoms with E-state index >= 15 is 0 Å². The summed E-state index contributed by atoms with van der Waals surface area (Å²) in [6, 6.07) is 0. The maximum Gasteiger partial charge on any atom is -0.0294 e. The van der Waals surface area contributed by atoms with Crippen LogP contribution in [-0.4, -0.2) is 0 Å². The van der Waals surface area contributed by atoms with Crippen molar-refractivity contribution in [2.45, 2.75) is 46.5 Å². The summed E-state index contributed by atoms with van der Waals surface area (Å²) in [7, 11) is 0. The van der Waals surface area contributed by atoms with Crippen LogP contribution in [0, 0.1) is 11.8 Å². The molecule has 0 saturated carbocycles. The quantitative estimate of drug-likeness (QED) is 0.528. The highest BCUT2D eigenvalue weighted by molar-refractivity contribution is 5.06. The summed E-state index contributed by atoms with van der Waals surface area (Å²) in [5, 5.41) is 0. The highest BCUT2D eigenvalue weighted by Gasteiger charge is 2.11. The van der Waals surface area contributed by atoms with E-state index in [-0.39, 0.29) is 0 Å². The molecule has 1 aliphatic carbocycles. The van der Waals surface area contributed by atoms with Gasteiger partial charge in [0.05, 0.1) is 0 Å². The standard InChI is InChI=1S/C11H20/c1-9(2)7-11-6-4-5-10(3)8-11/h6,9-10H,4-5,7-8H2,1-3H3. The van der Waals surface area contributed by atoms with E-state index in [1.165, 1.54) is 25.7 Å². The van der Waals surface area contributed by atoms with Crippen LogP contribution in [-0.2, 0) is 0 Å². The molecule has 1 atom stereocenters. The number of allylic oxidation sites excluding steroid dienone is 2. The third kappa shape index (κ3) is 3.09. The van der Waals surface area contributed by atoms with E-state index in [2.05, 4.69) is 26.8 Å². The highest BCUT2D eigenvalue weighted by atomic mass is 14.2. The van der Waals surface area contributed by atoms with Crippen LogP contribution in [0.1, 0.15) is 46.5 Å². The predicted molar refractivity (Wildman–Crippen MR) is 50.6 cm³/mol. The summed E-state index contributed by atoms with van der Waals surface area (Å²) in [4.78, 5) is 0. The molecule has 0 spiro atoms. The summed E-state index contributed by atoms with van der Waals surface area (Å²) < 4.78 is 0. The van der Waals surface area contributed by atoms with Gasteiger partial charge in [-0.3, -0.25) is 0 Å². The van der Waals surface area contributed by atoms with Crippen molar-refractivity contribution >= 4 is 0 Å². The number of rotatable bonds is 2. The predicted octanol–water partition coefficient (Wildman–Crippen LogP) is 3.78. The van der Waals surface area contributed by atoms with Crippen LogP contribution in [0.5, 0.6) is 0 Å². The summed E-state index contributed by atoms with van der Waals surface area (Å²) in [6.45, 7) is 6.98. The maximum absolute atomic E-state index is 2.46. The van der Waals surface area contributed by atoms with Crippen LogP contribution in [0.2, 0.25) is 0 Å². The van der Waals surface area contributed by atoms with E-state index in [9.17, 15) is 0 Å². The fourth-order valence-corrected chi connectivity index (χ4v) is 1.90. The molecule has 0 nitrogen and oxygen atoms in total. The van der Waals surface area contributed by atoms with E-state index in [1.807, 2.05) is 0 Å². The van der Waals surface area contributed by atoms with Crippen LogP contribution in [0.15, 0.2) is 11.6 Å². The summed E-state index contributed by atoms with van der Waals surface area (Å²) in [5.74, 6) is 1.78. The molecule has 0 aromatic carbocycles. The van der Waals surface area contributed by atoms with Gasteiger partial charge in [-0.1, -0.05) is 32.4 Å². The van der Waals surface area contributed by atoms with Gasteiger partial charge in [0.25, 0.3) is 0 Å². The summed E-state index contributed by atoms with van der Waals surface area (Å²) >= 11 is 0. The Balaban J connectivity index is 2.38. The Morgan fingerprint density at radius 3 is 2.82 bits per heavy atom. The molecule has 1 unspecified atom stereocenters. The first-order chi connectivity index (χ1) is 5.18. The first kappa shape index (κ1) is 8.83. The fraction of sp³-hybridized carbons (Fsp3) is 0.818. The molecule has 0 aromatic rings. The lowest BCUT2D eigenvalue weighted by atomic mass is 9.86. The van der Waals surface area contributed by atoms with Gasteiger partial charge < -0.3 is 0 Å². The first-order valence-electron chi connectivity index (χ1n) is 4.86. The van der Waals surface area contributed by atoms with Gasteiger partial charge in [-0.05, 0) is 37.5 Å². The average molecular weight is 152 g/mol. The van der Waals surface area contributed by atoms with Gasteiger partial charge >= 0.3 is 0 Å². The number of hydrogen-bond acceptors (Lipinski definition) is 0. The van der Waals surface area contributed by atoms with Crippen molar-refractivity contribution in [1.29, 1.82) is 0 Å². The molecule has 0 aromatic heterocycles. The Bertz CT molecular complexity index is 142. The molecule has 1 aliphatic rings. The molecule has 1 rings (SSSR count). The van der Waals surface area contributed by atoms with E-state index in [0.717, 1.165) is 11.8 Å². The maximum atomic E-state index is 2.46. The third-order valence-electron chi connectivity index (χ3n) is 2.37. The van der Waals surface area contributed by atoms with Crippen molar-refractivity contribution in [3.8, 4) is 0 Å². The van der Waals surface area contributed by atoms with Crippen molar-refractivity contribution in [2.24, 2.45) is 11.8 Å². The topological polar surface area (TPSA) is 0 Å². The Labute approximate surface area is 70.7 Å². The monoisotopic (exact) mass is 152 g/mol. The molecule has 11 heavy (non-hydrogen) atoms. The molecule has 0 fully saturated rings. The Kier molecular flexibility index (Phi) is 3.16. The van der Waals surface area contributed by atoms with Gasteiger partial charge in [0.15, 0.2) is 0 Å². The molecule has 0 radical (unpaired) electrons. The lowest BCUT2D eigenvalue weighted by molar-refractivity contribution is 0.482. The van der Waals surface area contributed by atoms with Crippen LogP contribution in [0.3, 0.4) is 0 Å². The zero-order valence-corrected chi connectivity index (χ0v) is 8.06. The SMILES string of the molecule is CC(C)CC1=CCCC(C)C1. The second-order valence-electron chi connectivity index (χ2n) is 4.35. The van der Waals surface area contributed by atoms with Crippen molar-refractivity contribution in [1.82, 2.24) is 0 Å². The van der Waals surface area contributed by atoms with E-state index < -0.39 is 0 Å². The van der Waals surface area contributed by atoms with Gasteiger partial charge in [-0.15, -0.1) is 0 Å². The molecular weight excluding hydrogens is 132 g/mol. The lowest BCUT2D eigenvalue weighted by Gasteiger charge is -2.20. The van der Waals surface area contributed by atoms with Crippen LogP contribution < -0.4 is 0 Å². The highest BCUT2D eigenvalue weighted by Crippen LogP contribution is 2.27. The minimum atomic E-state index is 0.839. The number of hydrogen-bond donors (Lipinski definition) is 0. The Morgan fingerprint density at radius 2 is 2.27 bits per heavy atom. The minimum absolute atomic E-state index is 0.839. The molecule has 0 aliphatic heterocycles. The Hall–Kier alpha value is -0.260. The summed E-state index contributed by atoms with van der Waals surface area (Å²) in [6.07, 6.45) is 7.87. The van der Waals surface area contributed by atoms with Crippen molar-refractivity contribution < 1.29 is 0 Å². The van der Waals surface area contributed by atoms with Crippen LogP contribution >= 0.6 is 0 Å². The first-order valence-corrected chi connectivity index (χ1v) is 4.86. The second kappa shape index (κ2) is 3.94. The van der Waals surface area contributed by atoms with E-state index in [1.54, 1.807) is 5.57 Å². The van der Waals surface area contributed by atoms with Gasteiger partial charge in [0, 0.05) is 0 Å². The smallest absolute Gasteiger partial charge is 0.0294 e. The van der Waals surface area contributed by atoms with Gasteiger partial charge in [-0.2, -0.15) is 0 Å². The van der Waals surface area contributed by atoms with Gasteiger partial charge in [0.1, 0.15) is 0 Å². The second-order valence-corrected chi connectivity index (χ2v) is 4.35. The molecule has 0 amide bonds. The lowest BCUT2D eigenvalue weighted by Crippen LogP contribution is -2.04. The molecule has 0 bridgehead atoms. The van der Waals surface area contributed by atoms with E-state index in [0.29, 0.717) is 0 Å². The Morgan fingerprint density at radius 1 is 1.55 bits per heavy atom. The van der Waals surface area contributed by atoms with Gasteiger partial charge in [-0.25, -0.2) is 0 Å². The molecule has 0 heteroatoms. The van der Waals surface area contributed by atoms with Crippen molar-refractivity contribution in [2.75, 3.05) is 0 Å². The molecule has 0 saturated heterocycles. The fourth-order valence-electron chi connectivity index (χ4n) is 1.90. The van der Waals surface area contributed by atoms with Crippen LogP contribution in [0.4, 0.5) is 0 Å². The molecule has 0 N–H and O–H groups in total. The summed E-state index contributed by atoms with van der Waals surface area (Å²) in [5.41, 5.74) is 1.71. The third-order valence-corrected chi connectivity index (χ3v) is 2.37. The minimum Gasteiger partial charge on any atom is -0.0853 e. The van der Waals surface area contributed by atoms with Crippen LogP contribution in [0.25, 0.3) is 0 Å². The molecule has 64 valence electrons. The van der Waals surface area contributed by atoms with Crippen molar-refractivity contribution in [3.63, 3.8) is 0 Å². The average Bonchev–Trinajstić information content (AvgIpc) is 1.85. The normalized spacial score (nSPS) is 25.5. The van der Waals surface area contributed by atoms with E-state index in [4.69, 9.17) is 0 Å². The zero-order chi connectivity index (χ0) is 8.27. The molecule has 0 heterocycles. The largest absolute Gasteiger partial charge is 0.0853 e. The zero-order valence-electron chi connectivity index (χ0n) is 8.06. The van der Waals surface area contributed by atoms with Crippen molar-refractivity contribution in [3.05, 3.63) is 11.6 Å². The molecular formula is C11H20. The van der Waals surface area contributed by atoms with Gasteiger partial charge in [0.2, 0.25) is 0 Å².